The van der Waals surface area contributed by atoms with Crippen molar-refractivity contribution in [2.45, 2.75) is 32.9 Å². The molecule has 2 atom stereocenters. The Hall–Kier alpha value is -1.09. The standard InChI is InChI=1S/C13H21N3/c1-4-16-11(2)9-15(10-12(16)3)13-7-5-6-8-14-13/h5-8,11-12H,4,9-10H2,1-3H3/t11-,12+. The van der Waals surface area contributed by atoms with Crippen LogP contribution in [0, 0.1) is 0 Å². The molecule has 3 nitrogen and oxygen atoms in total. The predicted molar refractivity (Wildman–Crippen MR) is 67.8 cm³/mol. The van der Waals surface area contributed by atoms with Gasteiger partial charge in [-0.25, -0.2) is 4.98 Å². The molecule has 1 aromatic heterocycles. The van der Waals surface area contributed by atoms with E-state index in [4.69, 9.17) is 0 Å². The topological polar surface area (TPSA) is 19.4 Å². The number of hydrogen-bond acceptors (Lipinski definition) is 3. The third-order valence-electron chi connectivity index (χ3n) is 3.44. The predicted octanol–water partition coefficient (Wildman–Crippen LogP) is 2.00. The van der Waals surface area contributed by atoms with Gasteiger partial charge in [0.05, 0.1) is 0 Å². The second-order valence-corrected chi connectivity index (χ2v) is 4.62. The van der Waals surface area contributed by atoms with Crippen LogP contribution in [0.2, 0.25) is 0 Å². The zero-order valence-corrected chi connectivity index (χ0v) is 10.4. The van der Waals surface area contributed by atoms with Crippen LogP contribution < -0.4 is 4.90 Å². The first-order valence-corrected chi connectivity index (χ1v) is 6.14. The Kier molecular flexibility index (Phi) is 3.44. The number of piperazine rings is 1. The molecule has 1 fully saturated rings. The van der Waals surface area contributed by atoms with Gasteiger partial charge in [0, 0.05) is 31.4 Å². The van der Waals surface area contributed by atoms with E-state index in [0.29, 0.717) is 12.1 Å². The van der Waals surface area contributed by atoms with E-state index in [1.807, 2.05) is 12.3 Å². The van der Waals surface area contributed by atoms with Gasteiger partial charge < -0.3 is 4.90 Å². The molecule has 0 aromatic carbocycles. The van der Waals surface area contributed by atoms with Gasteiger partial charge in [0.25, 0.3) is 0 Å². The SMILES string of the molecule is CCN1[C@H](C)CN(c2ccccn2)C[C@@H]1C. The highest BCUT2D eigenvalue weighted by Gasteiger charge is 2.28. The minimum Gasteiger partial charge on any atom is -0.354 e. The van der Waals surface area contributed by atoms with E-state index in [0.717, 1.165) is 25.5 Å². The molecule has 3 heteroatoms. The molecule has 2 rings (SSSR count). The molecule has 88 valence electrons. The Balaban J connectivity index is 2.10. The maximum absolute atomic E-state index is 4.43. The number of nitrogens with zero attached hydrogens (tertiary/aromatic N) is 3. The Morgan fingerprint density at radius 1 is 1.25 bits per heavy atom. The average molecular weight is 219 g/mol. The summed E-state index contributed by atoms with van der Waals surface area (Å²) in [6, 6.07) is 7.34. The van der Waals surface area contributed by atoms with Crippen LogP contribution in [-0.4, -0.2) is 41.6 Å². The largest absolute Gasteiger partial charge is 0.354 e. The summed E-state index contributed by atoms with van der Waals surface area (Å²) < 4.78 is 0. The molecule has 0 bridgehead atoms. The van der Waals surface area contributed by atoms with Gasteiger partial charge in [0.15, 0.2) is 0 Å². The highest BCUT2D eigenvalue weighted by molar-refractivity contribution is 5.39. The Morgan fingerprint density at radius 2 is 1.94 bits per heavy atom. The summed E-state index contributed by atoms with van der Waals surface area (Å²) in [4.78, 5) is 9.37. The lowest BCUT2D eigenvalue weighted by Crippen LogP contribution is -2.56. The third kappa shape index (κ3) is 2.19. The van der Waals surface area contributed by atoms with E-state index < -0.39 is 0 Å². The van der Waals surface area contributed by atoms with Crippen molar-refractivity contribution in [2.75, 3.05) is 24.5 Å². The molecular weight excluding hydrogens is 198 g/mol. The van der Waals surface area contributed by atoms with E-state index in [1.54, 1.807) is 0 Å². The van der Waals surface area contributed by atoms with E-state index in [-0.39, 0.29) is 0 Å². The molecule has 0 aliphatic carbocycles. The van der Waals surface area contributed by atoms with Gasteiger partial charge in [-0.3, -0.25) is 4.90 Å². The summed E-state index contributed by atoms with van der Waals surface area (Å²) in [5, 5.41) is 0. The van der Waals surface area contributed by atoms with Crippen molar-refractivity contribution in [3.8, 4) is 0 Å². The lowest BCUT2D eigenvalue weighted by Gasteiger charge is -2.44. The lowest BCUT2D eigenvalue weighted by molar-refractivity contribution is 0.139. The second kappa shape index (κ2) is 4.83. The van der Waals surface area contributed by atoms with Crippen molar-refractivity contribution >= 4 is 5.82 Å². The number of likely N-dealkylation sites (N-methyl/N-ethyl adjacent to an activating group) is 1. The van der Waals surface area contributed by atoms with Gasteiger partial charge in [-0.05, 0) is 32.5 Å². The molecule has 1 aromatic rings. The van der Waals surface area contributed by atoms with Gasteiger partial charge in [-0.2, -0.15) is 0 Å². The van der Waals surface area contributed by atoms with Crippen LogP contribution in [0.1, 0.15) is 20.8 Å². The maximum Gasteiger partial charge on any atom is 0.128 e. The second-order valence-electron chi connectivity index (χ2n) is 4.62. The van der Waals surface area contributed by atoms with Crippen molar-refractivity contribution in [2.24, 2.45) is 0 Å². The molecule has 0 saturated carbocycles. The van der Waals surface area contributed by atoms with Crippen LogP contribution in [0.3, 0.4) is 0 Å². The van der Waals surface area contributed by atoms with Gasteiger partial charge in [0.1, 0.15) is 5.82 Å². The van der Waals surface area contributed by atoms with Gasteiger partial charge in [0.2, 0.25) is 0 Å². The molecule has 0 amide bonds. The van der Waals surface area contributed by atoms with Gasteiger partial charge in [-0.1, -0.05) is 13.0 Å². The fraction of sp³-hybridized carbons (Fsp3) is 0.615. The molecule has 1 saturated heterocycles. The molecule has 0 radical (unpaired) electrons. The van der Waals surface area contributed by atoms with Crippen LogP contribution >= 0.6 is 0 Å². The summed E-state index contributed by atoms with van der Waals surface area (Å²) in [5.74, 6) is 1.11. The van der Waals surface area contributed by atoms with Crippen LogP contribution in [0.4, 0.5) is 5.82 Å². The minimum atomic E-state index is 0.607. The molecule has 0 N–H and O–H groups in total. The first-order valence-electron chi connectivity index (χ1n) is 6.14. The molecule has 0 unspecified atom stereocenters. The van der Waals surface area contributed by atoms with E-state index in [9.17, 15) is 0 Å². The molecule has 16 heavy (non-hydrogen) atoms. The van der Waals surface area contributed by atoms with E-state index in [1.165, 1.54) is 0 Å². The van der Waals surface area contributed by atoms with Crippen molar-refractivity contribution in [1.29, 1.82) is 0 Å². The molecule has 0 spiro atoms. The van der Waals surface area contributed by atoms with Crippen LogP contribution in [0.25, 0.3) is 0 Å². The first-order chi connectivity index (χ1) is 7.72. The average Bonchev–Trinajstić information content (AvgIpc) is 2.30. The van der Waals surface area contributed by atoms with E-state index in [2.05, 4.69) is 47.7 Å². The number of rotatable bonds is 2. The summed E-state index contributed by atoms with van der Waals surface area (Å²) in [5.41, 5.74) is 0. The molecule has 1 aliphatic rings. The highest BCUT2D eigenvalue weighted by Crippen LogP contribution is 2.19. The lowest BCUT2D eigenvalue weighted by atomic mass is 10.1. The van der Waals surface area contributed by atoms with Crippen molar-refractivity contribution in [3.05, 3.63) is 24.4 Å². The van der Waals surface area contributed by atoms with Crippen molar-refractivity contribution in [3.63, 3.8) is 0 Å². The van der Waals surface area contributed by atoms with Crippen molar-refractivity contribution in [1.82, 2.24) is 9.88 Å². The minimum absolute atomic E-state index is 0.607. The number of pyridine rings is 1. The van der Waals surface area contributed by atoms with Crippen LogP contribution in [-0.2, 0) is 0 Å². The smallest absolute Gasteiger partial charge is 0.128 e. The number of hydrogen-bond donors (Lipinski definition) is 0. The number of aromatic nitrogens is 1. The maximum atomic E-state index is 4.43. The van der Waals surface area contributed by atoms with Crippen molar-refractivity contribution < 1.29 is 0 Å². The number of anilines is 1. The van der Waals surface area contributed by atoms with Gasteiger partial charge in [-0.15, -0.1) is 0 Å². The zero-order valence-electron chi connectivity index (χ0n) is 10.4. The monoisotopic (exact) mass is 219 g/mol. The molecular formula is C13H21N3. The fourth-order valence-corrected chi connectivity index (χ4v) is 2.71. The normalized spacial score (nSPS) is 27.1. The van der Waals surface area contributed by atoms with E-state index >= 15 is 0 Å². The van der Waals surface area contributed by atoms with Crippen LogP contribution in [0.15, 0.2) is 24.4 Å². The molecule has 1 aliphatic heterocycles. The summed E-state index contributed by atoms with van der Waals surface area (Å²) in [7, 11) is 0. The Bertz CT molecular complexity index is 313. The summed E-state index contributed by atoms with van der Waals surface area (Å²) in [6.07, 6.45) is 1.87. The summed E-state index contributed by atoms with van der Waals surface area (Å²) >= 11 is 0. The third-order valence-corrected chi connectivity index (χ3v) is 3.44. The Labute approximate surface area is 98.1 Å². The summed E-state index contributed by atoms with van der Waals surface area (Å²) in [6.45, 7) is 10.1. The van der Waals surface area contributed by atoms with Crippen LogP contribution in [0.5, 0.6) is 0 Å². The Morgan fingerprint density at radius 3 is 2.44 bits per heavy atom. The first kappa shape index (κ1) is 11.4. The fourth-order valence-electron chi connectivity index (χ4n) is 2.71. The quantitative estimate of drug-likeness (QED) is 0.758. The van der Waals surface area contributed by atoms with Gasteiger partial charge >= 0.3 is 0 Å². The highest BCUT2D eigenvalue weighted by atomic mass is 15.3. The zero-order chi connectivity index (χ0) is 11.5. The molecule has 2 heterocycles.